The van der Waals surface area contributed by atoms with Crippen molar-refractivity contribution in [2.45, 2.75) is 64.0 Å². The van der Waals surface area contributed by atoms with E-state index < -0.39 is 41.8 Å². The first-order valence-electron chi connectivity index (χ1n) is 26.1. The molecule has 4 heterocycles. The highest BCUT2D eigenvalue weighted by Crippen LogP contribution is 2.46. The normalized spacial score (nSPS) is 16.2. The largest absolute Gasteiger partial charge is 0.415 e. The summed E-state index contributed by atoms with van der Waals surface area (Å²) in [5.41, 5.74) is 9.49. The highest BCUT2D eigenvalue weighted by Gasteiger charge is 2.37. The van der Waals surface area contributed by atoms with Crippen LogP contribution in [0.4, 0.5) is 21.9 Å². The quantitative estimate of drug-likeness (QED) is 0.0265. The summed E-state index contributed by atoms with van der Waals surface area (Å²) in [6.45, 7) is 7.70. The number of carbonyl (C=O) groups is 8. The molecule has 0 saturated carbocycles. The van der Waals surface area contributed by atoms with Gasteiger partial charge in [0.25, 0.3) is 23.6 Å². The maximum absolute atomic E-state index is 14.4. The molecule has 0 unspecified atom stereocenters. The maximum atomic E-state index is 14.4. The van der Waals surface area contributed by atoms with Gasteiger partial charge >= 0.3 is 6.09 Å². The van der Waals surface area contributed by atoms with Crippen molar-refractivity contribution in [3.63, 3.8) is 0 Å². The number of nitrogens with two attached hydrogens (primary N) is 1. The van der Waals surface area contributed by atoms with E-state index in [0.717, 1.165) is 34.3 Å². The molecule has 4 aromatic carbocycles. The predicted molar refractivity (Wildman–Crippen MR) is 295 cm³/mol. The molecule has 8 N–H and O–H groups in total. The van der Waals surface area contributed by atoms with Crippen molar-refractivity contribution in [3.05, 3.63) is 108 Å². The zero-order chi connectivity index (χ0) is 54.8. The Hall–Kier alpha value is -7.65. The van der Waals surface area contributed by atoms with Gasteiger partial charge in [-0.1, -0.05) is 38.1 Å². The molecule has 0 radical (unpaired) electrons. The van der Waals surface area contributed by atoms with E-state index in [1.807, 2.05) is 45.2 Å². The zero-order valence-electron chi connectivity index (χ0n) is 43.5. The van der Waals surface area contributed by atoms with Crippen LogP contribution in [0, 0.1) is 5.92 Å². The molecule has 1 aromatic heterocycles. The standard InChI is InChI=1S/C56H66ClN11O9/c1-34(2)51(60-23-22-59-47(69)12-8-24-67-48(70)19-20-49(67)71)54(74)64-43(11-6-7-21-58)53(73)61-38-15-13-35(14-16-38)52(72)62-39-17-18-42-36(29-39)30-44(63-42)55(75)68-33-37(32-57)50-41-10-5-4-9-40(41)46(31-45(50)68)77-56(76)66-27-25-65(3)26-28-66/h4-5,9-10,13-20,29-31,34,37,43,51,60,63H,6-8,11-12,21-28,32-33,58H2,1-3H3,(H,59,69)(H,61,73)(H,62,72)(H,64,74)/t37-,43+,51+/m1/s1. The molecular weight excluding hydrogens is 1010 g/mol. The van der Waals surface area contributed by atoms with Crippen molar-refractivity contribution >= 4 is 97.8 Å². The number of aromatic nitrogens is 1. The molecule has 3 atom stereocenters. The first kappa shape index (κ1) is 55.6. The van der Waals surface area contributed by atoms with Gasteiger partial charge in [0.2, 0.25) is 17.7 Å². The summed E-state index contributed by atoms with van der Waals surface area (Å²) >= 11 is 6.56. The Balaban J connectivity index is 0.862. The van der Waals surface area contributed by atoms with E-state index in [1.165, 1.54) is 12.2 Å². The van der Waals surface area contributed by atoms with Crippen molar-refractivity contribution in [2.75, 3.05) is 87.4 Å². The van der Waals surface area contributed by atoms with Crippen LogP contribution in [0.25, 0.3) is 21.7 Å². The van der Waals surface area contributed by atoms with Crippen LogP contribution < -0.4 is 42.0 Å². The maximum Gasteiger partial charge on any atom is 0.415 e. The minimum Gasteiger partial charge on any atom is -0.409 e. The third-order valence-electron chi connectivity index (χ3n) is 14.1. The number of likely N-dealkylation sites (N-methyl/N-ethyl adjacent to an activating group) is 1. The fourth-order valence-electron chi connectivity index (χ4n) is 9.79. The van der Waals surface area contributed by atoms with Crippen molar-refractivity contribution in [2.24, 2.45) is 11.7 Å². The van der Waals surface area contributed by atoms with Gasteiger partial charge in [-0.25, -0.2) is 4.79 Å². The van der Waals surface area contributed by atoms with Gasteiger partial charge in [0.1, 0.15) is 17.5 Å². The van der Waals surface area contributed by atoms with E-state index in [1.54, 1.807) is 64.4 Å². The highest BCUT2D eigenvalue weighted by molar-refractivity contribution is 6.19. The van der Waals surface area contributed by atoms with E-state index >= 15 is 0 Å². The van der Waals surface area contributed by atoms with Gasteiger partial charge in [0.15, 0.2) is 0 Å². The Morgan fingerprint density at radius 3 is 2.23 bits per heavy atom. The molecule has 5 aromatic rings. The van der Waals surface area contributed by atoms with E-state index in [9.17, 15) is 38.4 Å². The molecule has 0 spiro atoms. The lowest BCUT2D eigenvalue weighted by molar-refractivity contribution is -0.137. The lowest BCUT2D eigenvalue weighted by Gasteiger charge is -2.31. The fraction of sp³-hybridized carbons (Fsp3) is 0.393. The topological polar surface area (TPSA) is 261 Å². The van der Waals surface area contributed by atoms with Gasteiger partial charge in [0.05, 0.1) is 11.7 Å². The van der Waals surface area contributed by atoms with Crippen LogP contribution in [0.15, 0.2) is 91.0 Å². The molecule has 3 aliphatic rings. The van der Waals surface area contributed by atoms with E-state index in [0.29, 0.717) is 96.8 Å². The molecular formula is C56H66ClN11O9. The number of hydrogen-bond acceptors (Lipinski definition) is 12. The lowest BCUT2D eigenvalue weighted by Crippen LogP contribution is -2.54. The van der Waals surface area contributed by atoms with Gasteiger partial charge in [-0.05, 0) is 105 Å². The van der Waals surface area contributed by atoms with Crippen LogP contribution in [0.1, 0.15) is 78.3 Å². The Labute approximate surface area is 451 Å². The Kier molecular flexibility index (Phi) is 18.4. The minimum atomic E-state index is -0.894. The van der Waals surface area contributed by atoms with E-state index in [2.05, 4.69) is 36.5 Å². The number of amides is 8. The van der Waals surface area contributed by atoms with Gasteiger partial charge in [0, 0.05) is 122 Å². The molecule has 0 aliphatic carbocycles. The number of imide groups is 1. The molecule has 8 rings (SSSR count). The van der Waals surface area contributed by atoms with E-state index in [-0.39, 0.29) is 61.5 Å². The number of alkyl halides is 1. The number of piperazine rings is 1. The molecule has 0 bridgehead atoms. The molecule has 8 amide bonds. The number of fused-ring (bicyclic) bond motifs is 4. The van der Waals surface area contributed by atoms with Crippen molar-refractivity contribution in [1.82, 2.24) is 35.6 Å². The number of rotatable bonds is 22. The molecule has 1 fully saturated rings. The van der Waals surface area contributed by atoms with Gasteiger partial charge in [-0.2, -0.15) is 0 Å². The Morgan fingerprint density at radius 2 is 1.53 bits per heavy atom. The van der Waals surface area contributed by atoms with Crippen LogP contribution in [0.5, 0.6) is 5.75 Å². The number of H-pyrrole nitrogens is 1. The summed E-state index contributed by atoms with van der Waals surface area (Å²) in [5, 5.41) is 16.9. The molecule has 21 heteroatoms. The van der Waals surface area contributed by atoms with Crippen molar-refractivity contribution in [3.8, 4) is 5.75 Å². The van der Waals surface area contributed by atoms with Crippen molar-refractivity contribution < 1.29 is 43.1 Å². The van der Waals surface area contributed by atoms with Gasteiger partial charge < -0.3 is 56.7 Å². The number of halogens is 1. The second kappa shape index (κ2) is 25.5. The molecule has 1 saturated heterocycles. The second-order valence-electron chi connectivity index (χ2n) is 19.9. The number of ether oxygens (including phenoxy) is 1. The smallest absolute Gasteiger partial charge is 0.409 e. The lowest BCUT2D eigenvalue weighted by atomic mass is 9.95. The zero-order valence-corrected chi connectivity index (χ0v) is 44.3. The highest BCUT2D eigenvalue weighted by atomic mass is 35.5. The fourth-order valence-corrected chi connectivity index (χ4v) is 10.0. The Bertz CT molecular complexity index is 3040. The van der Waals surface area contributed by atoms with Crippen LogP contribution in [-0.4, -0.2) is 151 Å². The van der Waals surface area contributed by atoms with Crippen molar-refractivity contribution in [1.29, 1.82) is 0 Å². The first-order chi connectivity index (χ1) is 37.1. The van der Waals surface area contributed by atoms with Gasteiger partial charge in [-0.3, -0.25) is 38.5 Å². The SMILES string of the molecule is CC(C)[C@H](NCCNC(=O)CCCN1C(=O)C=CC1=O)C(=O)N[C@@H](CCCCN)C(=O)Nc1ccc(C(=O)Nc2ccc3[nH]c(C(=O)N4C[C@@H](CCl)c5c4cc(OC(=O)N4CCN(C)CC4)c4ccccc54)cc3c2)cc1. The summed E-state index contributed by atoms with van der Waals surface area (Å²) < 4.78 is 6.06. The number of hydrogen-bond donors (Lipinski definition) is 7. The van der Waals surface area contributed by atoms with Crippen LogP contribution >= 0.6 is 11.6 Å². The number of carbonyl (C=O) groups excluding carboxylic acids is 8. The summed E-state index contributed by atoms with van der Waals surface area (Å²) in [6.07, 6.45) is 3.96. The third-order valence-corrected chi connectivity index (χ3v) is 14.4. The average Bonchev–Trinajstić information content (AvgIpc) is 4.16. The number of nitrogens with zero attached hydrogens (tertiary/aromatic N) is 4. The molecule has 406 valence electrons. The Morgan fingerprint density at radius 1 is 0.818 bits per heavy atom. The summed E-state index contributed by atoms with van der Waals surface area (Å²) in [6, 6.07) is 21.2. The second-order valence-corrected chi connectivity index (χ2v) is 20.2. The van der Waals surface area contributed by atoms with Crippen LogP contribution in [0.3, 0.4) is 0 Å². The predicted octanol–water partition coefficient (Wildman–Crippen LogP) is 5.29. The number of anilines is 3. The van der Waals surface area contributed by atoms with Gasteiger partial charge in [-0.15, -0.1) is 11.6 Å². The summed E-state index contributed by atoms with van der Waals surface area (Å²) in [7, 11) is 2.01. The van der Waals surface area contributed by atoms with Crippen LogP contribution in [-0.2, 0) is 24.0 Å². The number of aromatic amines is 1. The number of benzene rings is 4. The van der Waals surface area contributed by atoms with Crippen LogP contribution in [0.2, 0.25) is 0 Å². The molecule has 77 heavy (non-hydrogen) atoms. The van der Waals surface area contributed by atoms with E-state index in [4.69, 9.17) is 22.1 Å². The molecule has 20 nitrogen and oxygen atoms in total. The third kappa shape index (κ3) is 13.5. The minimum absolute atomic E-state index is 0.119. The first-order valence-corrected chi connectivity index (χ1v) is 26.6. The monoisotopic (exact) mass is 1070 g/mol. The summed E-state index contributed by atoms with van der Waals surface area (Å²) in [5.74, 6) is -2.28. The average molecular weight is 1070 g/mol. The molecule has 3 aliphatic heterocycles. The number of unbranched alkanes of at least 4 members (excludes halogenated alkanes) is 1. The number of nitrogens with one attached hydrogen (secondary N) is 6. The summed E-state index contributed by atoms with van der Waals surface area (Å²) in [4.78, 5) is 114.